The summed E-state index contributed by atoms with van der Waals surface area (Å²) in [5.41, 5.74) is 1.15. The molecule has 0 unspecified atom stereocenters. The normalized spacial score (nSPS) is 11.1. The van der Waals surface area contributed by atoms with Crippen molar-refractivity contribution in [2.75, 3.05) is 6.61 Å². The number of unbranched alkanes of at least 4 members (excludes halogenated alkanes) is 23. The monoisotopic (exact) mass is 484 g/mol. The molecule has 0 radical (unpaired) electrons. The molecule has 1 aromatic rings. The zero-order chi connectivity index (χ0) is 25.1. The zero-order valence-corrected chi connectivity index (χ0v) is 23.7. The minimum absolute atomic E-state index is 0.840. The van der Waals surface area contributed by atoms with Crippen molar-refractivity contribution in [2.45, 2.75) is 161 Å². The molecule has 1 rings (SSSR count). The van der Waals surface area contributed by atoms with Crippen LogP contribution in [0.3, 0.4) is 0 Å². The number of hydrogen-bond donors (Lipinski definition) is 0. The van der Waals surface area contributed by atoms with Crippen LogP contribution in [0.1, 0.15) is 167 Å². The van der Waals surface area contributed by atoms with Crippen molar-refractivity contribution in [3.63, 3.8) is 0 Å². The van der Waals surface area contributed by atoms with Crippen molar-refractivity contribution in [1.82, 2.24) is 0 Å². The molecule has 35 heavy (non-hydrogen) atoms. The maximum absolute atomic E-state index is 5.82. The van der Waals surface area contributed by atoms with Gasteiger partial charge in [0.15, 0.2) is 0 Å². The maximum Gasteiger partial charge on any atom is 0.119 e. The molecule has 0 aliphatic rings. The first-order valence-electron chi connectivity index (χ1n) is 15.7. The molecule has 0 bridgehead atoms. The van der Waals surface area contributed by atoms with Crippen molar-refractivity contribution in [3.05, 3.63) is 36.4 Å². The highest BCUT2D eigenvalue weighted by atomic mass is 16.5. The predicted octanol–water partition coefficient (Wildman–Crippen LogP) is 12.1. The first-order chi connectivity index (χ1) is 17.4. The quantitative estimate of drug-likeness (QED) is 0.113. The van der Waals surface area contributed by atoms with Crippen LogP contribution in [0.15, 0.2) is 30.8 Å². The molecule has 0 aliphatic carbocycles. The Morgan fingerprint density at radius 2 is 0.800 bits per heavy atom. The van der Waals surface area contributed by atoms with E-state index in [-0.39, 0.29) is 0 Å². The largest absolute Gasteiger partial charge is 0.494 e. The van der Waals surface area contributed by atoms with E-state index in [2.05, 4.69) is 25.6 Å². The Morgan fingerprint density at radius 3 is 1.11 bits per heavy atom. The molecular weight excluding hydrogens is 424 g/mol. The molecule has 0 N–H and O–H groups in total. The molecule has 1 aromatic carbocycles. The molecule has 1 heteroatoms. The van der Waals surface area contributed by atoms with E-state index in [1.165, 1.54) is 154 Å². The number of hydrogen-bond acceptors (Lipinski definition) is 1. The van der Waals surface area contributed by atoms with Gasteiger partial charge in [-0.3, -0.25) is 0 Å². The number of benzene rings is 1. The molecule has 0 spiro atoms. The van der Waals surface area contributed by atoms with Crippen LogP contribution in [0.25, 0.3) is 6.08 Å². The Bertz CT molecular complexity index is 546. The fraction of sp³-hybridized carbons (Fsp3) is 0.765. The summed E-state index contributed by atoms with van der Waals surface area (Å²) in [7, 11) is 0. The third-order valence-corrected chi connectivity index (χ3v) is 7.38. The zero-order valence-electron chi connectivity index (χ0n) is 23.7. The molecule has 0 saturated carbocycles. The second-order valence-corrected chi connectivity index (χ2v) is 10.8. The third-order valence-electron chi connectivity index (χ3n) is 7.38. The Morgan fingerprint density at radius 1 is 0.486 bits per heavy atom. The topological polar surface area (TPSA) is 9.23 Å². The van der Waals surface area contributed by atoms with E-state index in [4.69, 9.17) is 4.74 Å². The summed E-state index contributed by atoms with van der Waals surface area (Å²) < 4.78 is 5.82. The van der Waals surface area contributed by atoms with Gasteiger partial charge in [-0.05, 0) is 24.1 Å². The van der Waals surface area contributed by atoms with Crippen LogP contribution in [0.4, 0.5) is 0 Å². The van der Waals surface area contributed by atoms with Gasteiger partial charge in [0.2, 0.25) is 0 Å². The molecule has 0 amide bonds. The molecule has 0 fully saturated rings. The lowest BCUT2D eigenvalue weighted by atomic mass is 10.0. The van der Waals surface area contributed by atoms with Gasteiger partial charge in [0.1, 0.15) is 5.75 Å². The summed E-state index contributed by atoms with van der Waals surface area (Å²) in [4.78, 5) is 0. The van der Waals surface area contributed by atoms with Crippen molar-refractivity contribution >= 4 is 6.08 Å². The average molecular weight is 485 g/mol. The maximum atomic E-state index is 5.82. The van der Waals surface area contributed by atoms with E-state index in [9.17, 15) is 0 Å². The van der Waals surface area contributed by atoms with Crippen molar-refractivity contribution < 1.29 is 4.74 Å². The SMILES string of the molecule is C=Cc1ccc(OCCCCCCCCCCCCCCCCCCCCCCCCCC)cc1. The lowest BCUT2D eigenvalue weighted by Crippen LogP contribution is -1.97. The van der Waals surface area contributed by atoms with Crippen molar-refractivity contribution in [2.24, 2.45) is 0 Å². The van der Waals surface area contributed by atoms with Crippen LogP contribution in [0.5, 0.6) is 5.75 Å². The van der Waals surface area contributed by atoms with Gasteiger partial charge in [-0.2, -0.15) is 0 Å². The van der Waals surface area contributed by atoms with Gasteiger partial charge in [-0.15, -0.1) is 0 Å². The van der Waals surface area contributed by atoms with Gasteiger partial charge in [0.05, 0.1) is 6.61 Å². The summed E-state index contributed by atoms with van der Waals surface area (Å²) in [6.07, 6.45) is 36.3. The van der Waals surface area contributed by atoms with E-state index in [1.807, 2.05) is 18.2 Å². The van der Waals surface area contributed by atoms with E-state index in [1.54, 1.807) is 0 Å². The molecule has 0 heterocycles. The van der Waals surface area contributed by atoms with E-state index in [0.29, 0.717) is 0 Å². The first kappa shape index (κ1) is 31.8. The Hall–Kier alpha value is -1.24. The fourth-order valence-electron chi connectivity index (χ4n) is 4.95. The Balaban J connectivity index is 1.68. The number of rotatable bonds is 27. The second kappa shape index (κ2) is 25.8. The van der Waals surface area contributed by atoms with Crippen molar-refractivity contribution in [3.8, 4) is 5.75 Å². The van der Waals surface area contributed by atoms with Crippen LogP contribution in [0, 0.1) is 0 Å². The Labute approximate surface area is 220 Å². The average Bonchev–Trinajstić information content (AvgIpc) is 2.89. The predicted molar refractivity (Wildman–Crippen MR) is 159 cm³/mol. The van der Waals surface area contributed by atoms with Crippen LogP contribution in [0.2, 0.25) is 0 Å². The number of ether oxygens (including phenoxy) is 1. The van der Waals surface area contributed by atoms with Gasteiger partial charge >= 0.3 is 0 Å². The van der Waals surface area contributed by atoms with E-state index in [0.717, 1.165) is 17.9 Å². The molecule has 0 atom stereocenters. The van der Waals surface area contributed by atoms with Gasteiger partial charge < -0.3 is 4.74 Å². The smallest absolute Gasteiger partial charge is 0.119 e. The van der Waals surface area contributed by atoms with Gasteiger partial charge in [0, 0.05) is 0 Å². The molecule has 1 nitrogen and oxygen atoms in total. The lowest BCUT2D eigenvalue weighted by Gasteiger charge is -2.06. The summed E-state index contributed by atoms with van der Waals surface area (Å²) in [6.45, 7) is 6.93. The highest BCUT2D eigenvalue weighted by molar-refractivity contribution is 5.48. The van der Waals surface area contributed by atoms with Gasteiger partial charge in [-0.25, -0.2) is 0 Å². The summed E-state index contributed by atoms with van der Waals surface area (Å²) in [5.74, 6) is 0.977. The molecule has 202 valence electrons. The molecular formula is C34H60O. The van der Waals surface area contributed by atoms with Crippen LogP contribution >= 0.6 is 0 Å². The highest BCUT2D eigenvalue weighted by Crippen LogP contribution is 2.16. The van der Waals surface area contributed by atoms with Crippen LogP contribution in [-0.4, -0.2) is 6.61 Å². The molecule has 0 aliphatic heterocycles. The summed E-state index contributed by atoms with van der Waals surface area (Å²) in [5, 5.41) is 0. The van der Waals surface area contributed by atoms with E-state index >= 15 is 0 Å². The van der Waals surface area contributed by atoms with E-state index < -0.39 is 0 Å². The van der Waals surface area contributed by atoms with Gasteiger partial charge in [0.25, 0.3) is 0 Å². The van der Waals surface area contributed by atoms with Crippen LogP contribution in [-0.2, 0) is 0 Å². The van der Waals surface area contributed by atoms with Gasteiger partial charge in [-0.1, -0.05) is 179 Å². The summed E-state index contributed by atoms with van der Waals surface area (Å²) >= 11 is 0. The second-order valence-electron chi connectivity index (χ2n) is 10.8. The lowest BCUT2D eigenvalue weighted by molar-refractivity contribution is 0.304. The minimum Gasteiger partial charge on any atom is -0.494 e. The molecule has 0 aromatic heterocycles. The van der Waals surface area contributed by atoms with Crippen molar-refractivity contribution in [1.29, 1.82) is 0 Å². The molecule has 0 saturated heterocycles. The fourth-order valence-corrected chi connectivity index (χ4v) is 4.95. The standard InChI is InChI=1S/C34H60O/c1-3-5-6-7-8-9-10-11-12-13-14-15-16-17-18-19-20-21-22-23-24-25-26-27-32-35-34-30-28-33(4-2)29-31-34/h4,28-31H,2-3,5-27,32H2,1H3. The highest BCUT2D eigenvalue weighted by Gasteiger charge is 1.97. The summed E-state index contributed by atoms with van der Waals surface area (Å²) in [6, 6.07) is 8.19. The van der Waals surface area contributed by atoms with Crippen LogP contribution < -0.4 is 4.74 Å². The first-order valence-corrected chi connectivity index (χ1v) is 15.7. The Kier molecular flexibility index (Phi) is 23.5. The third kappa shape index (κ3) is 21.7. The minimum atomic E-state index is 0.840.